The van der Waals surface area contributed by atoms with Crippen LogP contribution in [-0.4, -0.2) is 28.5 Å². The van der Waals surface area contributed by atoms with Crippen molar-refractivity contribution >= 4 is 21.6 Å². The van der Waals surface area contributed by atoms with E-state index in [0.717, 1.165) is 36.5 Å². The molecule has 1 fully saturated rings. The number of aromatic nitrogens is 2. The smallest absolute Gasteiger partial charge is 0.268 e. The molecule has 5 nitrogen and oxygen atoms in total. The van der Waals surface area contributed by atoms with Crippen LogP contribution in [0.5, 0.6) is 5.75 Å². The van der Waals surface area contributed by atoms with Crippen LogP contribution in [0.3, 0.4) is 0 Å². The number of nitrogens with one attached hydrogen (secondary N) is 1. The zero-order chi connectivity index (χ0) is 16.5. The molecule has 3 heterocycles. The fourth-order valence-electron chi connectivity index (χ4n) is 3.41. The lowest BCUT2D eigenvalue weighted by Gasteiger charge is -2.24. The summed E-state index contributed by atoms with van der Waals surface area (Å²) in [6.45, 7) is 1.68. The largest absolute Gasteiger partial charge is 0.497 e. The van der Waals surface area contributed by atoms with Crippen LogP contribution in [0.1, 0.15) is 30.3 Å². The van der Waals surface area contributed by atoms with Crippen LogP contribution in [-0.2, 0) is 6.54 Å². The number of methoxy groups -OCH3 is 1. The third-order valence-electron chi connectivity index (χ3n) is 4.58. The normalized spacial score (nSPS) is 18.3. The van der Waals surface area contributed by atoms with E-state index in [0.29, 0.717) is 17.3 Å². The summed E-state index contributed by atoms with van der Waals surface area (Å²) in [6.07, 6.45) is 2.28. The van der Waals surface area contributed by atoms with E-state index in [-0.39, 0.29) is 5.56 Å². The second-order valence-electron chi connectivity index (χ2n) is 6.05. The molecule has 1 unspecified atom stereocenters. The number of benzene rings is 1. The highest BCUT2D eigenvalue weighted by Gasteiger charge is 2.26. The summed E-state index contributed by atoms with van der Waals surface area (Å²) < 4.78 is 5.94. The van der Waals surface area contributed by atoms with Gasteiger partial charge in [0.05, 0.1) is 19.2 Å². The van der Waals surface area contributed by atoms with Crippen molar-refractivity contribution in [3.63, 3.8) is 0 Å². The van der Waals surface area contributed by atoms with Gasteiger partial charge in [0.2, 0.25) is 0 Å². The Labute approximate surface area is 143 Å². The van der Waals surface area contributed by atoms with Crippen molar-refractivity contribution in [1.29, 1.82) is 0 Å². The summed E-state index contributed by atoms with van der Waals surface area (Å²) >= 11 is 1.43. The van der Waals surface area contributed by atoms with Gasteiger partial charge in [0.15, 0.2) is 0 Å². The van der Waals surface area contributed by atoms with E-state index in [1.54, 1.807) is 7.11 Å². The maximum atomic E-state index is 12.1. The highest BCUT2D eigenvalue weighted by molar-refractivity contribution is 7.17. The monoisotopic (exact) mass is 341 g/mol. The van der Waals surface area contributed by atoms with Crippen molar-refractivity contribution < 1.29 is 4.74 Å². The van der Waals surface area contributed by atoms with Gasteiger partial charge in [-0.1, -0.05) is 12.1 Å². The zero-order valence-electron chi connectivity index (χ0n) is 13.5. The SMILES string of the molecule is COc1ccc(C2CCCN2Cc2nc3ccsc3c(=O)[nH]2)cc1. The van der Waals surface area contributed by atoms with Crippen molar-refractivity contribution in [2.45, 2.75) is 25.4 Å². The van der Waals surface area contributed by atoms with E-state index in [1.165, 1.54) is 16.9 Å². The van der Waals surface area contributed by atoms with Crippen LogP contribution in [0.25, 0.3) is 10.2 Å². The van der Waals surface area contributed by atoms with Crippen LogP contribution >= 0.6 is 11.3 Å². The standard InChI is InChI=1S/C18H19N3O2S/c1-23-13-6-4-12(5-7-13)15-3-2-9-21(15)11-16-19-14-8-10-24-17(14)18(22)20-16/h4-8,10,15H,2-3,9,11H2,1H3,(H,19,20,22). The molecule has 0 spiro atoms. The Kier molecular flexibility index (Phi) is 4.08. The average molecular weight is 341 g/mol. The van der Waals surface area contributed by atoms with E-state index in [4.69, 9.17) is 4.74 Å². The fraction of sp³-hybridized carbons (Fsp3) is 0.333. The topological polar surface area (TPSA) is 58.2 Å². The Balaban J connectivity index is 1.58. The molecule has 1 aliphatic heterocycles. The lowest BCUT2D eigenvalue weighted by molar-refractivity contribution is 0.242. The predicted molar refractivity (Wildman–Crippen MR) is 95.6 cm³/mol. The molecule has 0 amide bonds. The van der Waals surface area contributed by atoms with Crippen LogP contribution in [0.4, 0.5) is 0 Å². The molecule has 1 saturated heterocycles. The number of nitrogens with zero attached hydrogens (tertiary/aromatic N) is 2. The molecule has 0 radical (unpaired) electrons. The summed E-state index contributed by atoms with van der Waals surface area (Å²) in [6, 6.07) is 10.5. The Morgan fingerprint density at radius 1 is 1.33 bits per heavy atom. The van der Waals surface area contributed by atoms with Crippen LogP contribution in [0.2, 0.25) is 0 Å². The molecule has 1 aliphatic rings. The summed E-state index contributed by atoms with van der Waals surface area (Å²) in [5, 5.41) is 1.91. The minimum absolute atomic E-state index is 0.0369. The summed E-state index contributed by atoms with van der Waals surface area (Å²) in [7, 11) is 1.68. The Bertz CT molecular complexity index is 901. The summed E-state index contributed by atoms with van der Waals surface area (Å²) in [5.41, 5.74) is 2.04. The molecule has 0 saturated carbocycles. The number of hydrogen-bond donors (Lipinski definition) is 1. The molecule has 1 N–H and O–H groups in total. The first-order valence-corrected chi connectivity index (χ1v) is 8.97. The van der Waals surface area contributed by atoms with Crippen molar-refractivity contribution in [3.05, 3.63) is 57.5 Å². The third kappa shape index (κ3) is 2.83. The zero-order valence-corrected chi connectivity index (χ0v) is 14.3. The van der Waals surface area contributed by atoms with Crippen molar-refractivity contribution in [2.75, 3.05) is 13.7 Å². The number of hydrogen-bond acceptors (Lipinski definition) is 5. The van der Waals surface area contributed by atoms with Crippen molar-refractivity contribution in [2.24, 2.45) is 0 Å². The van der Waals surface area contributed by atoms with Gasteiger partial charge in [0, 0.05) is 6.04 Å². The van der Waals surface area contributed by atoms with Gasteiger partial charge in [0.1, 0.15) is 16.3 Å². The third-order valence-corrected chi connectivity index (χ3v) is 5.48. The first-order valence-electron chi connectivity index (χ1n) is 8.09. The molecular formula is C18H19N3O2S. The van der Waals surface area contributed by atoms with Crippen LogP contribution < -0.4 is 10.3 Å². The van der Waals surface area contributed by atoms with Gasteiger partial charge in [-0.2, -0.15) is 0 Å². The van der Waals surface area contributed by atoms with Gasteiger partial charge < -0.3 is 9.72 Å². The molecule has 6 heteroatoms. The molecular weight excluding hydrogens is 322 g/mol. The predicted octanol–water partition coefficient (Wildman–Crippen LogP) is 3.33. The molecule has 4 rings (SSSR count). The maximum Gasteiger partial charge on any atom is 0.268 e. The second-order valence-corrected chi connectivity index (χ2v) is 6.97. The molecule has 0 aliphatic carbocycles. The number of likely N-dealkylation sites (tertiary alicyclic amines) is 1. The molecule has 0 bridgehead atoms. The first kappa shape index (κ1) is 15.4. The number of H-pyrrole nitrogens is 1. The van der Waals surface area contributed by atoms with E-state index in [1.807, 2.05) is 23.6 Å². The number of ether oxygens (including phenoxy) is 1. The number of aromatic amines is 1. The van der Waals surface area contributed by atoms with Crippen molar-refractivity contribution in [3.8, 4) is 5.75 Å². The summed E-state index contributed by atoms with van der Waals surface area (Å²) in [5.74, 6) is 1.61. The Morgan fingerprint density at radius 2 is 2.17 bits per heavy atom. The molecule has 2 aromatic heterocycles. The minimum Gasteiger partial charge on any atom is -0.497 e. The second kappa shape index (κ2) is 6.37. The lowest BCUT2D eigenvalue weighted by Crippen LogP contribution is -2.25. The van der Waals surface area contributed by atoms with Gasteiger partial charge in [0.25, 0.3) is 5.56 Å². The Morgan fingerprint density at radius 3 is 2.96 bits per heavy atom. The molecule has 124 valence electrons. The minimum atomic E-state index is -0.0369. The van der Waals surface area contributed by atoms with E-state index < -0.39 is 0 Å². The lowest BCUT2D eigenvalue weighted by atomic mass is 10.0. The Hall–Kier alpha value is -2.18. The number of rotatable bonds is 4. The quantitative estimate of drug-likeness (QED) is 0.791. The van der Waals surface area contributed by atoms with Gasteiger partial charge in [-0.05, 0) is 48.5 Å². The van der Waals surface area contributed by atoms with Gasteiger partial charge >= 0.3 is 0 Å². The van der Waals surface area contributed by atoms with Gasteiger partial charge in [-0.15, -0.1) is 11.3 Å². The fourth-order valence-corrected chi connectivity index (χ4v) is 4.13. The average Bonchev–Trinajstić information content (AvgIpc) is 3.24. The molecule has 24 heavy (non-hydrogen) atoms. The van der Waals surface area contributed by atoms with Gasteiger partial charge in [-0.25, -0.2) is 4.98 Å². The number of thiophene rings is 1. The van der Waals surface area contributed by atoms with E-state index in [9.17, 15) is 4.79 Å². The molecule has 3 aromatic rings. The van der Waals surface area contributed by atoms with Crippen LogP contribution in [0.15, 0.2) is 40.5 Å². The number of fused-ring (bicyclic) bond motifs is 1. The highest BCUT2D eigenvalue weighted by atomic mass is 32.1. The van der Waals surface area contributed by atoms with Gasteiger partial charge in [-0.3, -0.25) is 9.69 Å². The maximum absolute atomic E-state index is 12.1. The van der Waals surface area contributed by atoms with Crippen LogP contribution in [0, 0.1) is 0 Å². The first-order chi connectivity index (χ1) is 11.7. The van der Waals surface area contributed by atoms with E-state index >= 15 is 0 Å². The highest BCUT2D eigenvalue weighted by Crippen LogP contribution is 2.33. The summed E-state index contributed by atoms with van der Waals surface area (Å²) in [4.78, 5) is 22.1. The van der Waals surface area contributed by atoms with E-state index in [2.05, 4.69) is 27.0 Å². The molecule has 1 aromatic carbocycles. The molecule has 1 atom stereocenters. The van der Waals surface area contributed by atoms with Crippen molar-refractivity contribution in [1.82, 2.24) is 14.9 Å².